The number of hydrogen-bond acceptors (Lipinski definition) is 5. The molecule has 6 heteroatoms. The Kier molecular flexibility index (Phi) is 6.34. The highest BCUT2D eigenvalue weighted by Gasteiger charge is 2.19. The van der Waals surface area contributed by atoms with Crippen LogP contribution in [0.4, 0.5) is 5.69 Å². The van der Waals surface area contributed by atoms with Gasteiger partial charge in [0.2, 0.25) is 0 Å². The average Bonchev–Trinajstić information content (AvgIpc) is 3.07. The zero-order valence-corrected chi connectivity index (χ0v) is 17.0. The quantitative estimate of drug-likeness (QED) is 0.552. The molecule has 0 aliphatic heterocycles. The van der Waals surface area contributed by atoms with Crippen molar-refractivity contribution in [3.63, 3.8) is 0 Å². The lowest BCUT2D eigenvalue weighted by molar-refractivity contribution is -0.114. The lowest BCUT2D eigenvalue weighted by Crippen LogP contribution is -2.29. The van der Waals surface area contributed by atoms with E-state index in [1.54, 1.807) is 25.2 Å². The Bertz CT molecular complexity index is 989. The van der Waals surface area contributed by atoms with E-state index in [1.807, 2.05) is 62.4 Å². The predicted molar refractivity (Wildman–Crippen MR) is 112 cm³/mol. The van der Waals surface area contributed by atoms with Gasteiger partial charge in [-0.15, -0.1) is 0 Å². The van der Waals surface area contributed by atoms with Gasteiger partial charge in [0.15, 0.2) is 0 Å². The summed E-state index contributed by atoms with van der Waals surface area (Å²) >= 11 is 0. The third-order valence-corrected chi connectivity index (χ3v) is 4.67. The van der Waals surface area contributed by atoms with Crippen LogP contribution in [0.5, 0.6) is 11.5 Å². The van der Waals surface area contributed by atoms with Gasteiger partial charge < -0.3 is 18.9 Å². The number of para-hydroxylation sites is 1. The molecule has 0 radical (unpaired) electrons. The summed E-state index contributed by atoms with van der Waals surface area (Å²) in [5, 5.41) is 4.00. The van der Waals surface area contributed by atoms with Crippen LogP contribution in [0.25, 0.3) is 6.08 Å². The molecule has 0 unspecified atom stereocenters. The first-order valence-corrected chi connectivity index (χ1v) is 9.22. The summed E-state index contributed by atoms with van der Waals surface area (Å²) in [6.45, 7) is 4.08. The molecule has 6 nitrogen and oxygen atoms in total. The van der Waals surface area contributed by atoms with Gasteiger partial charge in [-0.1, -0.05) is 23.4 Å². The van der Waals surface area contributed by atoms with E-state index in [0.717, 1.165) is 22.5 Å². The van der Waals surface area contributed by atoms with Gasteiger partial charge in [0.05, 0.1) is 26.5 Å². The van der Waals surface area contributed by atoms with E-state index in [-0.39, 0.29) is 5.91 Å². The molecule has 1 aromatic heterocycles. The molecule has 0 spiro atoms. The molecular formula is C23H24N2O4. The molecule has 0 aliphatic rings. The molecule has 0 fully saturated rings. The third kappa shape index (κ3) is 4.66. The summed E-state index contributed by atoms with van der Waals surface area (Å²) in [6, 6.07) is 15.0. The van der Waals surface area contributed by atoms with E-state index < -0.39 is 0 Å². The highest BCUT2D eigenvalue weighted by atomic mass is 16.5. The molecule has 2 aromatic carbocycles. The number of carbonyl (C=O) groups is 1. The normalized spacial score (nSPS) is 10.9. The van der Waals surface area contributed by atoms with Crippen LogP contribution in [0.1, 0.15) is 22.6 Å². The van der Waals surface area contributed by atoms with Crippen molar-refractivity contribution >= 4 is 17.7 Å². The van der Waals surface area contributed by atoms with Gasteiger partial charge in [-0.25, -0.2) is 0 Å². The van der Waals surface area contributed by atoms with E-state index in [0.29, 0.717) is 23.8 Å². The fourth-order valence-electron chi connectivity index (χ4n) is 3.01. The number of aromatic nitrogens is 1. The molecule has 150 valence electrons. The van der Waals surface area contributed by atoms with E-state index in [1.165, 1.54) is 6.08 Å². The maximum atomic E-state index is 13.1. The molecular weight excluding hydrogens is 368 g/mol. The first-order valence-electron chi connectivity index (χ1n) is 9.22. The Morgan fingerprint density at radius 3 is 2.48 bits per heavy atom. The fourth-order valence-corrected chi connectivity index (χ4v) is 3.01. The first-order chi connectivity index (χ1) is 14.0. The minimum Gasteiger partial charge on any atom is -0.497 e. The van der Waals surface area contributed by atoms with Crippen molar-refractivity contribution in [3.05, 3.63) is 77.2 Å². The summed E-state index contributed by atoms with van der Waals surface area (Å²) in [4.78, 5) is 14.8. The zero-order valence-electron chi connectivity index (χ0n) is 17.0. The molecule has 0 atom stereocenters. The lowest BCUT2D eigenvalue weighted by Gasteiger charge is -2.21. The summed E-state index contributed by atoms with van der Waals surface area (Å²) in [5.41, 5.74) is 3.22. The maximum Gasteiger partial charge on any atom is 0.251 e. The number of nitrogens with zero attached hydrogens (tertiary/aromatic N) is 2. The molecule has 3 rings (SSSR count). The molecule has 0 bridgehead atoms. The van der Waals surface area contributed by atoms with Crippen molar-refractivity contribution < 1.29 is 18.8 Å². The number of ether oxygens (including phenoxy) is 2. The Balaban J connectivity index is 1.92. The van der Waals surface area contributed by atoms with Crippen LogP contribution in [0, 0.1) is 13.8 Å². The monoisotopic (exact) mass is 392 g/mol. The number of amides is 1. The Morgan fingerprint density at radius 1 is 1.10 bits per heavy atom. The van der Waals surface area contributed by atoms with Crippen molar-refractivity contribution in [2.45, 2.75) is 20.4 Å². The average molecular weight is 392 g/mol. The fraction of sp³-hybridized carbons (Fsp3) is 0.217. The number of anilines is 1. The zero-order chi connectivity index (χ0) is 20.8. The van der Waals surface area contributed by atoms with Gasteiger partial charge in [-0.2, -0.15) is 0 Å². The summed E-state index contributed by atoms with van der Waals surface area (Å²) in [6.07, 6.45) is 3.26. The predicted octanol–water partition coefficient (Wildman–Crippen LogP) is 4.56. The Morgan fingerprint density at radius 2 is 1.86 bits per heavy atom. The summed E-state index contributed by atoms with van der Waals surface area (Å²) < 4.78 is 15.9. The number of hydrogen-bond donors (Lipinski definition) is 0. The second-order valence-electron chi connectivity index (χ2n) is 6.50. The van der Waals surface area contributed by atoms with Gasteiger partial charge in [-0.05, 0) is 50.3 Å². The summed E-state index contributed by atoms with van der Waals surface area (Å²) in [7, 11) is 3.19. The number of aryl methyl sites for hydroxylation is 2. The maximum absolute atomic E-state index is 13.1. The molecule has 0 saturated carbocycles. The minimum absolute atomic E-state index is 0.166. The highest BCUT2D eigenvalue weighted by Crippen LogP contribution is 2.26. The van der Waals surface area contributed by atoms with Crippen molar-refractivity contribution in [2.75, 3.05) is 19.1 Å². The molecule has 3 aromatic rings. The smallest absolute Gasteiger partial charge is 0.251 e. The topological polar surface area (TPSA) is 64.8 Å². The number of carbonyl (C=O) groups excluding carboxylic acids is 1. The molecule has 29 heavy (non-hydrogen) atoms. The van der Waals surface area contributed by atoms with E-state index in [4.69, 9.17) is 14.0 Å². The standard InChI is InChI=1S/C23H24N2O4/c1-16-21(17(2)29-24-16)15-25(19-8-6-5-7-9-19)23(26)13-10-18-14-20(27-3)11-12-22(18)28-4/h5-14H,15H2,1-4H3. The molecule has 0 aliphatic carbocycles. The largest absolute Gasteiger partial charge is 0.497 e. The number of benzene rings is 2. The Hall–Kier alpha value is -3.54. The van der Waals surface area contributed by atoms with Crippen LogP contribution in [0.2, 0.25) is 0 Å². The van der Waals surface area contributed by atoms with Gasteiger partial charge in [-0.3, -0.25) is 4.79 Å². The Labute approximate surface area is 170 Å². The molecule has 0 N–H and O–H groups in total. The second kappa shape index (κ2) is 9.10. The van der Waals surface area contributed by atoms with Gasteiger partial charge >= 0.3 is 0 Å². The SMILES string of the molecule is COc1ccc(OC)c(C=CC(=O)N(Cc2c(C)noc2C)c2ccccc2)c1. The molecule has 1 heterocycles. The second-order valence-corrected chi connectivity index (χ2v) is 6.50. The van der Waals surface area contributed by atoms with Crippen molar-refractivity contribution in [2.24, 2.45) is 0 Å². The van der Waals surface area contributed by atoms with E-state index in [9.17, 15) is 4.79 Å². The van der Waals surface area contributed by atoms with Crippen LogP contribution in [-0.4, -0.2) is 25.3 Å². The van der Waals surface area contributed by atoms with Crippen molar-refractivity contribution in [1.82, 2.24) is 5.16 Å². The van der Waals surface area contributed by atoms with Gasteiger partial charge in [0, 0.05) is 22.9 Å². The van der Waals surface area contributed by atoms with E-state index >= 15 is 0 Å². The third-order valence-electron chi connectivity index (χ3n) is 4.67. The van der Waals surface area contributed by atoms with Crippen LogP contribution in [-0.2, 0) is 11.3 Å². The molecule has 1 amide bonds. The number of methoxy groups -OCH3 is 2. The molecule has 0 saturated heterocycles. The minimum atomic E-state index is -0.166. The summed E-state index contributed by atoms with van der Waals surface area (Å²) in [5.74, 6) is 1.89. The number of rotatable bonds is 7. The van der Waals surface area contributed by atoms with E-state index in [2.05, 4.69) is 5.16 Å². The first kappa shape index (κ1) is 20.2. The van der Waals surface area contributed by atoms with Crippen LogP contribution < -0.4 is 14.4 Å². The van der Waals surface area contributed by atoms with Crippen LogP contribution >= 0.6 is 0 Å². The van der Waals surface area contributed by atoms with Gasteiger partial charge in [0.1, 0.15) is 17.3 Å². The highest BCUT2D eigenvalue weighted by molar-refractivity contribution is 6.04. The van der Waals surface area contributed by atoms with Crippen molar-refractivity contribution in [3.8, 4) is 11.5 Å². The lowest BCUT2D eigenvalue weighted by atomic mass is 10.1. The van der Waals surface area contributed by atoms with Crippen LogP contribution in [0.15, 0.2) is 59.1 Å². The van der Waals surface area contributed by atoms with Gasteiger partial charge in [0.25, 0.3) is 5.91 Å². The van der Waals surface area contributed by atoms with Crippen LogP contribution in [0.3, 0.4) is 0 Å². The van der Waals surface area contributed by atoms with Crippen molar-refractivity contribution in [1.29, 1.82) is 0 Å².